The normalized spacial score (nSPS) is 10.2. The molecule has 104 valence electrons. The monoisotopic (exact) mass is 270 g/mol. The Kier molecular flexibility index (Phi) is 3.94. The van der Waals surface area contributed by atoms with Gasteiger partial charge in [0, 0.05) is 5.56 Å². The van der Waals surface area contributed by atoms with E-state index in [1.54, 1.807) is 25.3 Å². The van der Waals surface area contributed by atoms with Crippen LogP contribution in [0.25, 0.3) is 0 Å². The van der Waals surface area contributed by atoms with Crippen molar-refractivity contribution in [2.24, 2.45) is 0 Å². The molecule has 20 heavy (non-hydrogen) atoms. The molecule has 1 amide bonds. The van der Waals surface area contributed by atoms with Crippen LogP contribution in [0.4, 0.5) is 11.4 Å². The van der Waals surface area contributed by atoms with Crippen molar-refractivity contribution in [2.45, 2.75) is 13.8 Å². The van der Waals surface area contributed by atoms with Gasteiger partial charge in [-0.1, -0.05) is 12.1 Å². The molecule has 0 heterocycles. The van der Waals surface area contributed by atoms with Gasteiger partial charge in [-0.05, 0) is 49.2 Å². The van der Waals surface area contributed by atoms with Crippen molar-refractivity contribution in [3.63, 3.8) is 0 Å². The number of hydrogen-bond acceptors (Lipinski definition) is 3. The van der Waals surface area contributed by atoms with Crippen molar-refractivity contribution < 1.29 is 9.53 Å². The first kappa shape index (κ1) is 13.9. The lowest BCUT2D eigenvalue weighted by Gasteiger charge is -2.11. The molecule has 0 radical (unpaired) electrons. The van der Waals surface area contributed by atoms with Gasteiger partial charge in [0.2, 0.25) is 0 Å². The minimum atomic E-state index is -0.208. The number of methoxy groups -OCH3 is 1. The summed E-state index contributed by atoms with van der Waals surface area (Å²) >= 11 is 0. The summed E-state index contributed by atoms with van der Waals surface area (Å²) in [6, 6.07) is 10.9. The Morgan fingerprint density at radius 3 is 2.60 bits per heavy atom. The van der Waals surface area contributed by atoms with Gasteiger partial charge in [0.1, 0.15) is 5.75 Å². The van der Waals surface area contributed by atoms with Gasteiger partial charge >= 0.3 is 0 Å². The summed E-state index contributed by atoms with van der Waals surface area (Å²) in [5, 5.41) is 2.82. The maximum Gasteiger partial charge on any atom is 0.255 e. The molecule has 0 aromatic heterocycles. The fourth-order valence-electron chi connectivity index (χ4n) is 1.93. The van der Waals surface area contributed by atoms with Crippen molar-refractivity contribution >= 4 is 17.3 Å². The van der Waals surface area contributed by atoms with E-state index in [0.717, 1.165) is 11.1 Å². The molecule has 0 unspecified atom stereocenters. The molecule has 4 nitrogen and oxygen atoms in total. The van der Waals surface area contributed by atoms with Gasteiger partial charge in [-0.25, -0.2) is 0 Å². The van der Waals surface area contributed by atoms with Crippen LogP contribution in [0.2, 0.25) is 0 Å². The van der Waals surface area contributed by atoms with Gasteiger partial charge in [-0.15, -0.1) is 0 Å². The van der Waals surface area contributed by atoms with Gasteiger partial charge in [0.15, 0.2) is 0 Å². The number of carbonyl (C=O) groups is 1. The number of benzene rings is 2. The van der Waals surface area contributed by atoms with Crippen LogP contribution in [-0.2, 0) is 0 Å². The van der Waals surface area contributed by atoms with Gasteiger partial charge < -0.3 is 15.8 Å². The number of aryl methyl sites for hydroxylation is 2. The molecule has 0 atom stereocenters. The van der Waals surface area contributed by atoms with Crippen molar-refractivity contribution in [1.82, 2.24) is 0 Å². The van der Waals surface area contributed by atoms with E-state index < -0.39 is 0 Å². The molecule has 0 spiro atoms. The third-order valence-corrected chi connectivity index (χ3v) is 3.13. The second-order valence-corrected chi connectivity index (χ2v) is 4.73. The van der Waals surface area contributed by atoms with Crippen LogP contribution < -0.4 is 15.8 Å². The maximum atomic E-state index is 12.2. The molecule has 2 rings (SSSR count). The molecule has 0 aliphatic carbocycles. The molecule has 2 aromatic carbocycles. The smallest absolute Gasteiger partial charge is 0.255 e. The second-order valence-electron chi connectivity index (χ2n) is 4.73. The van der Waals surface area contributed by atoms with Gasteiger partial charge in [-0.2, -0.15) is 0 Å². The predicted molar refractivity (Wildman–Crippen MR) is 81.3 cm³/mol. The summed E-state index contributed by atoms with van der Waals surface area (Å²) in [6.07, 6.45) is 0. The Morgan fingerprint density at radius 1 is 1.15 bits per heavy atom. The van der Waals surface area contributed by atoms with E-state index in [1.165, 1.54) is 0 Å². The predicted octanol–water partition coefficient (Wildman–Crippen LogP) is 3.15. The Balaban J connectivity index is 2.26. The molecule has 0 aliphatic heterocycles. The highest BCUT2D eigenvalue weighted by molar-refractivity contribution is 6.06. The van der Waals surface area contributed by atoms with E-state index in [0.29, 0.717) is 22.7 Å². The first-order chi connectivity index (χ1) is 9.51. The van der Waals surface area contributed by atoms with Gasteiger partial charge in [0.25, 0.3) is 5.91 Å². The van der Waals surface area contributed by atoms with Crippen LogP contribution in [0.1, 0.15) is 21.5 Å². The number of ether oxygens (including phenoxy) is 1. The van der Waals surface area contributed by atoms with E-state index in [4.69, 9.17) is 10.5 Å². The van der Waals surface area contributed by atoms with E-state index in [-0.39, 0.29) is 5.91 Å². The molecule has 4 heteroatoms. The lowest BCUT2D eigenvalue weighted by atomic mass is 10.1. The molecule has 2 aromatic rings. The Bertz CT molecular complexity index is 651. The molecular formula is C16H18N2O2. The Labute approximate surface area is 118 Å². The lowest BCUT2D eigenvalue weighted by Crippen LogP contribution is -2.13. The number of anilines is 2. The first-order valence-electron chi connectivity index (χ1n) is 6.33. The molecule has 0 bridgehead atoms. The first-order valence-corrected chi connectivity index (χ1v) is 6.33. The summed E-state index contributed by atoms with van der Waals surface area (Å²) in [7, 11) is 1.59. The van der Waals surface area contributed by atoms with E-state index in [1.807, 2.05) is 32.0 Å². The molecule has 0 saturated heterocycles. The van der Waals surface area contributed by atoms with Crippen LogP contribution in [-0.4, -0.2) is 13.0 Å². The molecular weight excluding hydrogens is 252 g/mol. The number of amides is 1. The Morgan fingerprint density at radius 2 is 1.90 bits per heavy atom. The third-order valence-electron chi connectivity index (χ3n) is 3.13. The number of nitrogen functional groups attached to an aromatic ring is 1. The van der Waals surface area contributed by atoms with Crippen molar-refractivity contribution in [3.8, 4) is 5.75 Å². The SMILES string of the molecule is COc1cc(C(=O)Nc2cc(C)ccc2N)ccc1C. The number of hydrogen-bond donors (Lipinski definition) is 2. The zero-order valence-corrected chi connectivity index (χ0v) is 11.9. The third kappa shape index (κ3) is 2.91. The summed E-state index contributed by atoms with van der Waals surface area (Å²) < 4.78 is 5.22. The summed E-state index contributed by atoms with van der Waals surface area (Å²) in [5.74, 6) is 0.482. The van der Waals surface area contributed by atoms with Crippen LogP contribution in [0, 0.1) is 13.8 Å². The van der Waals surface area contributed by atoms with Gasteiger partial charge in [0.05, 0.1) is 18.5 Å². The average Bonchev–Trinajstić information content (AvgIpc) is 2.43. The van der Waals surface area contributed by atoms with Crippen LogP contribution in [0.15, 0.2) is 36.4 Å². The molecule has 3 N–H and O–H groups in total. The van der Waals surface area contributed by atoms with Crippen LogP contribution in [0.3, 0.4) is 0 Å². The average molecular weight is 270 g/mol. The van der Waals surface area contributed by atoms with E-state index in [9.17, 15) is 4.79 Å². The molecule has 0 saturated carbocycles. The zero-order chi connectivity index (χ0) is 14.7. The highest BCUT2D eigenvalue weighted by Crippen LogP contribution is 2.23. The molecule has 0 fully saturated rings. The quantitative estimate of drug-likeness (QED) is 0.842. The topological polar surface area (TPSA) is 64.3 Å². The zero-order valence-electron chi connectivity index (χ0n) is 11.9. The number of rotatable bonds is 3. The summed E-state index contributed by atoms with van der Waals surface area (Å²) in [6.45, 7) is 3.88. The highest BCUT2D eigenvalue weighted by Gasteiger charge is 2.10. The van der Waals surface area contributed by atoms with E-state index in [2.05, 4.69) is 5.32 Å². The number of carbonyl (C=O) groups excluding carboxylic acids is 1. The molecule has 0 aliphatic rings. The fraction of sp³-hybridized carbons (Fsp3) is 0.188. The van der Waals surface area contributed by atoms with Crippen molar-refractivity contribution in [3.05, 3.63) is 53.1 Å². The minimum absolute atomic E-state index is 0.208. The number of nitrogens with one attached hydrogen (secondary N) is 1. The van der Waals surface area contributed by atoms with Crippen molar-refractivity contribution in [1.29, 1.82) is 0 Å². The lowest BCUT2D eigenvalue weighted by molar-refractivity contribution is 0.102. The fourth-order valence-corrected chi connectivity index (χ4v) is 1.93. The van der Waals surface area contributed by atoms with Gasteiger partial charge in [-0.3, -0.25) is 4.79 Å². The van der Waals surface area contributed by atoms with Crippen LogP contribution in [0.5, 0.6) is 5.75 Å². The maximum absolute atomic E-state index is 12.2. The minimum Gasteiger partial charge on any atom is -0.496 e. The summed E-state index contributed by atoms with van der Waals surface area (Å²) in [4.78, 5) is 12.2. The standard InChI is InChI=1S/C16H18N2O2/c1-10-4-7-13(17)14(8-10)18-16(19)12-6-5-11(2)15(9-12)20-3/h4-9H,17H2,1-3H3,(H,18,19). The second kappa shape index (κ2) is 5.65. The largest absolute Gasteiger partial charge is 0.496 e. The summed E-state index contributed by atoms with van der Waals surface area (Å²) in [5.41, 5.74) is 9.58. The van der Waals surface area contributed by atoms with Crippen LogP contribution >= 0.6 is 0 Å². The van der Waals surface area contributed by atoms with Crippen molar-refractivity contribution in [2.75, 3.05) is 18.2 Å². The van der Waals surface area contributed by atoms with E-state index >= 15 is 0 Å². The Hall–Kier alpha value is -2.49. The highest BCUT2D eigenvalue weighted by atomic mass is 16.5. The number of nitrogens with two attached hydrogens (primary N) is 1.